The van der Waals surface area contributed by atoms with Gasteiger partial charge in [-0.25, -0.2) is 12.8 Å². The number of nitrogens with zero attached hydrogens (tertiary/aromatic N) is 2. The first-order valence-corrected chi connectivity index (χ1v) is 9.76. The van der Waals surface area contributed by atoms with E-state index in [-0.39, 0.29) is 43.2 Å². The van der Waals surface area contributed by atoms with E-state index in [2.05, 4.69) is 0 Å². The minimum Gasteiger partial charge on any atom is -0.296 e. The Balaban J connectivity index is 1.69. The number of hydrogen-bond donors (Lipinski definition) is 0. The quantitative estimate of drug-likeness (QED) is 0.737. The second-order valence-corrected chi connectivity index (χ2v) is 8.17. The van der Waals surface area contributed by atoms with Crippen molar-refractivity contribution in [3.05, 3.63) is 65.5 Å². The highest BCUT2D eigenvalue weighted by atomic mass is 32.2. The molecule has 0 unspecified atom stereocenters. The van der Waals surface area contributed by atoms with E-state index in [1.807, 2.05) is 0 Å². The van der Waals surface area contributed by atoms with Gasteiger partial charge >= 0.3 is 6.18 Å². The maximum absolute atomic E-state index is 13.8. The van der Waals surface area contributed by atoms with Gasteiger partial charge in [-0.1, -0.05) is 30.3 Å². The van der Waals surface area contributed by atoms with E-state index in [9.17, 15) is 26.0 Å². The Kier molecular flexibility index (Phi) is 5.55. The van der Waals surface area contributed by atoms with Crippen molar-refractivity contribution in [1.29, 1.82) is 0 Å². The van der Waals surface area contributed by atoms with E-state index in [1.54, 1.807) is 11.0 Å². The molecule has 9 heteroatoms. The fourth-order valence-electron chi connectivity index (χ4n) is 3.10. The summed E-state index contributed by atoms with van der Waals surface area (Å²) in [4.78, 5) is 1.37. The maximum Gasteiger partial charge on any atom is 0.416 e. The van der Waals surface area contributed by atoms with Crippen LogP contribution in [0.3, 0.4) is 0 Å². The minimum absolute atomic E-state index is 0.0727. The van der Waals surface area contributed by atoms with Crippen LogP contribution >= 0.6 is 0 Å². The molecular formula is C18H18F4N2O2S. The van der Waals surface area contributed by atoms with E-state index >= 15 is 0 Å². The van der Waals surface area contributed by atoms with Gasteiger partial charge in [-0.2, -0.15) is 17.5 Å². The number of hydrogen-bond acceptors (Lipinski definition) is 3. The topological polar surface area (TPSA) is 40.6 Å². The molecule has 27 heavy (non-hydrogen) atoms. The van der Waals surface area contributed by atoms with Crippen LogP contribution in [-0.2, 0) is 22.7 Å². The third-order valence-corrected chi connectivity index (χ3v) is 6.43. The molecule has 1 aliphatic heterocycles. The molecule has 2 aromatic carbocycles. The summed E-state index contributed by atoms with van der Waals surface area (Å²) in [5, 5.41) is 0. The Bertz CT molecular complexity index is 908. The summed E-state index contributed by atoms with van der Waals surface area (Å²) < 4.78 is 79.5. The molecule has 0 radical (unpaired) electrons. The Hall–Kier alpha value is -1.97. The number of benzene rings is 2. The molecule has 0 aromatic heterocycles. The van der Waals surface area contributed by atoms with Crippen molar-refractivity contribution in [1.82, 2.24) is 9.21 Å². The molecule has 0 aliphatic carbocycles. The zero-order valence-electron chi connectivity index (χ0n) is 14.3. The lowest BCUT2D eigenvalue weighted by Gasteiger charge is -2.34. The second kappa shape index (κ2) is 7.57. The summed E-state index contributed by atoms with van der Waals surface area (Å²) in [6.45, 7) is 0.777. The molecule has 0 amide bonds. The standard InChI is InChI=1S/C18H18F4N2O2S/c19-16-7-3-4-8-17(16)27(25,26)24-11-9-23(10-12-24)13-14-5-1-2-6-15(14)18(20,21)22/h1-8H,9-13H2. The highest BCUT2D eigenvalue weighted by molar-refractivity contribution is 7.89. The lowest BCUT2D eigenvalue weighted by molar-refractivity contribution is -0.138. The second-order valence-electron chi connectivity index (χ2n) is 6.27. The summed E-state index contributed by atoms with van der Waals surface area (Å²) in [5.41, 5.74) is -0.540. The Morgan fingerprint density at radius 3 is 2.11 bits per heavy atom. The van der Waals surface area contributed by atoms with Crippen LogP contribution in [0.2, 0.25) is 0 Å². The van der Waals surface area contributed by atoms with Crippen LogP contribution in [0.25, 0.3) is 0 Å². The van der Waals surface area contributed by atoms with Crippen LogP contribution in [0.1, 0.15) is 11.1 Å². The molecule has 1 fully saturated rings. The Morgan fingerprint density at radius 2 is 1.48 bits per heavy atom. The van der Waals surface area contributed by atoms with Crippen molar-refractivity contribution < 1.29 is 26.0 Å². The van der Waals surface area contributed by atoms with E-state index in [4.69, 9.17) is 0 Å². The fourth-order valence-corrected chi connectivity index (χ4v) is 4.58. The third kappa shape index (κ3) is 4.31. The molecular weight excluding hydrogens is 384 g/mol. The van der Waals surface area contributed by atoms with Crippen molar-refractivity contribution >= 4 is 10.0 Å². The molecule has 0 saturated carbocycles. The summed E-state index contributed by atoms with van der Waals surface area (Å²) in [6.07, 6.45) is -4.44. The Labute approximate surface area is 155 Å². The molecule has 146 valence electrons. The van der Waals surface area contributed by atoms with Gasteiger partial charge in [-0.15, -0.1) is 0 Å². The van der Waals surface area contributed by atoms with Crippen LogP contribution < -0.4 is 0 Å². The molecule has 4 nitrogen and oxygen atoms in total. The molecule has 3 rings (SSSR count). The molecule has 2 aromatic rings. The van der Waals surface area contributed by atoms with Crippen molar-refractivity contribution in [3.8, 4) is 0 Å². The molecule has 0 atom stereocenters. The van der Waals surface area contributed by atoms with Gasteiger partial charge in [0.15, 0.2) is 0 Å². The molecule has 1 aliphatic rings. The van der Waals surface area contributed by atoms with Crippen LogP contribution in [-0.4, -0.2) is 43.8 Å². The monoisotopic (exact) mass is 402 g/mol. The van der Waals surface area contributed by atoms with E-state index < -0.39 is 27.6 Å². The normalized spacial score (nSPS) is 17.2. The maximum atomic E-state index is 13.8. The fraction of sp³-hybridized carbons (Fsp3) is 0.333. The average Bonchev–Trinajstić information content (AvgIpc) is 2.62. The van der Waals surface area contributed by atoms with Crippen LogP contribution in [0.4, 0.5) is 17.6 Å². The van der Waals surface area contributed by atoms with Crippen LogP contribution in [0.5, 0.6) is 0 Å². The molecule has 0 spiro atoms. The third-order valence-electron chi connectivity index (χ3n) is 4.50. The van der Waals surface area contributed by atoms with Gasteiger partial charge in [-0.3, -0.25) is 4.90 Å². The lowest BCUT2D eigenvalue weighted by atomic mass is 10.1. The summed E-state index contributed by atoms with van der Waals surface area (Å²) in [5.74, 6) is -0.820. The van der Waals surface area contributed by atoms with Crippen molar-refractivity contribution in [2.24, 2.45) is 0 Å². The van der Waals surface area contributed by atoms with Gasteiger partial charge in [0, 0.05) is 32.7 Å². The zero-order valence-corrected chi connectivity index (χ0v) is 15.1. The molecule has 1 heterocycles. The van der Waals surface area contributed by atoms with E-state index in [0.29, 0.717) is 0 Å². The number of sulfonamides is 1. The van der Waals surface area contributed by atoms with E-state index in [1.165, 1.54) is 30.3 Å². The predicted molar refractivity (Wildman–Crippen MR) is 91.9 cm³/mol. The Morgan fingerprint density at radius 1 is 0.889 bits per heavy atom. The first-order chi connectivity index (χ1) is 12.7. The molecule has 1 saturated heterocycles. The summed E-state index contributed by atoms with van der Waals surface area (Å²) in [7, 11) is -3.97. The first kappa shape index (κ1) is 19.8. The molecule has 0 bridgehead atoms. The number of halogens is 4. The minimum atomic E-state index is -4.44. The summed E-state index contributed by atoms with van der Waals surface area (Å²) in [6, 6.07) is 10.5. The number of alkyl halides is 3. The van der Waals surface area contributed by atoms with Gasteiger partial charge in [0.1, 0.15) is 10.7 Å². The SMILES string of the molecule is O=S(=O)(c1ccccc1F)N1CCN(Cc2ccccc2C(F)(F)F)CC1. The van der Waals surface area contributed by atoms with Crippen molar-refractivity contribution in [3.63, 3.8) is 0 Å². The first-order valence-electron chi connectivity index (χ1n) is 8.32. The van der Waals surface area contributed by atoms with Crippen LogP contribution in [0, 0.1) is 5.82 Å². The molecule has 0 N–H and O–H groups in total. The number of rotatable bonds is 4. The van der Waals surface area contributed by atoms with Gasteiger partial charge in [0.25, 0.3) is 0 Å². The zero-order chi connectivity index (χ0) is 19.7. The smallest absolute Gasteiger partial charge is 0.296 e. The summed E-state index contributed by atoms with van der Waals surface area (Å²) >= 11 is 0. The highest BCUT2D eigenvalue weighted by Gasteiger charge is 2.34. The number of piperazine rings is 1. The van der Waals surface area contributed by atoms with Crippen LogP contribution in [0.15, 0.2) is 53.4 Å². The van der Waals surface area contributed by atoms with Gasteiger partial charge < -0.3 is 0 Å². The van der Waals surface area contributed by atoms with Gasteiger partial charge in [0.2, 0.25) is 10.0 Å². The lowest BCUT2D eigenvalue weighted by Crippen LogP contribution is -2.48. The highest BCUT2D eigenvalue weighted by Crippen LogP contribution is 2.32. The van der Waals surface area contributed by atoms with Crippen molar-refractivity contribution in [2.75, 3.05) is 26.2 Å². The average molecular weight is 402 g/mol. The largest absolute Gasteiger partial charge is 0.416 e. The van der Waals surface area contributed by atoms with Gasteiger partial charge in [0.05, 0.1) is 5.56 Å². The van der Waals surface area contributed by atoms with Crippen molar-refractivity contribution in [2.45, 2.75) is 17.6 Å². The van der Waals surface area contributed by atoms with E-state index in [0.717, 1.165) is 16.4 Å². The predicted octanol–water partition coefficient (Wildman–Crippen LogP) is 3.35. The van der Waals surface area contributed by atoms with Gasteiger partial charge in [-0.05, 0) is 23.8 Å².